The summed E-state index contributed by atoms with van der Waals surface area (Å²) < 4.78 is 28.1. The number of benzene rings is 2. The maximum atomic E-state index is 14.0. The Labute approximate surface area is 132 Å². The fourth-order valence-corrected chi connectivity index (χ4v) is 3.15. The second kappa shape index (κ2) is 4.98. The first-order valence-electron chi connectivity index (χ1n) is 7.46. The molecule has 0 saturated heterocycles. The molecule has 1 aliphatic carbocycles. The summed E-state index contributed by atoms with van der Waals surface area (Å²) in [5.74, 6) is -5.59. The Bertz CT molecular complexity index is 802. The van der Waals surface area contributed by atoms with Crippen molar-refractivity contribution in [1.82, 2.24) is 5.32 Å². The number of nitrogens with zero attached hydrogens (tertiary/aromatic N) is 1. The van der Waals surface area contributed by atoms with Gasteiger partial charge in [-0.3, -0.25) is 4.79 Å². The molecule has 23 heavy (non-hydrogen) atoms. The van der Waals surface area contributed by atoms with Gasteiger partial charge in [0, 0.05) is 6.42 Å². The number of fused-ring (bicyclic) bond motifs is 1. The van der Waals surface area contributed by atoms with Gasteiger partial charge in [0.25, 0.3) is 5.92 Å². The average Bonchev–Trinajstić information content (AvgIpc) is 2.91. The second-order valence-corrected chi connectivity index (χ2v) is 5.89. The molecular formula is C18H14F2N2O. The van der Waals surface area contributed by atoms with Crippen molar-refractivity contribution >= 4 is 17.4 Å². The van der Waals surface area contributed by atoms with Gasteiger partial charge in [0.1, 0.15) is 11.8 Å². The van der Waals surface area contributed by atoms with Gasteiger partial charge in [-0.15, -0.1) is 0 Å². The molecule has 0 spiro atoms. The van der Waals surface area contributed by atoms with Gasteiger partial charge in [-0.2, -0.15) is 0 Å². The maximum absolute atomic E-state index is 14.0. The molecule has 2 atom stereocenters. The molecule has 0 radical (unpaired) electrons. The molecule has 116 valence electrons. The first-order valence-corrected chi connectivity index (χ1v) is 7.46. The van der Waals surface area contributed by atoms with Crippen molar-refractivity contribution in [1.29, 1.82) is 0 Å². The largest absolute Gasteiger partial charge is 0.313 e. The van der Waals surface area contributed by atoms with Crippen LogP contribution in [0.2, 0.25) is 0 Å². The van der Waals surface area contributed by atoms with Crippen molar-refractivity contribution in [2.75, 3.05) is 0 Å². The van der Waals surface area contributed by atoms with Gasteiger partial charge >= 0.3 is 0 Å². The molecule has 5 heteroatoms. The number of aliphatic imine (C=N–C) groups is 1. The van der Waals surface area contributed by atoms with Crippen LogP contribution < -0.4 is 5.32 Å². The van der Waals surface area contributed by atoms with Gasteiger partial charge in [-0.25, -0.2) is 13.8 Å². The molecule has 3 nitrogen and oxygen atoms in total. The third kappa shape index (κ3) is 2.32. The highest BCUT2D eigenvalue weighted by Crippen LogP contribution is 2.61. The summed E-state index contributed by atoms with van der Waals surface area (Å²) >= 11 is 0. The zero-order chi connectivity index (χ0) is 16.0. The first kappa shape index (κ1) is 14.1. The van der Waals surface area contributed by atoms with E-state index in [2.05, 4.69) is 10.3 Å². The van der Waals surface area contributed by atoms with E-state index in [1.807, 2.05) is 24.3 Å². The van der Waals surface area contributed by atoms with E-state index in [0.717, 1.165) is 11.3 Å². The number of alkyl halides is 2. The minimum absolute atomic E-state index is 0.436. The third-order valence-corrected chi connectivity index (χ3v) is 4.37. The van der Waals surface area contributed by atoms with E-state index in [9.17, 15) is 13.6 Å². The van der Waals surface area contributed by atoms with Crippen LogP contribution in [0.3, 0.4) is 0 Å². The average molecular weight is 312 g/mol. The zero-order valence-corrected chi connectivity index (χ0v) is 12.2. The highest BCUT2D eigenvalue weighted by atomic mass is 19.3. The highest BCUT2D eigenvalue weighted by molar-refractivity contribution is 6.05. The summed E-state index contributed by atoms with van der Waals surface area (Å²) in [6, 6.07) is 15.9. The van der Waals surface area contributed by atoms with Crippen LogP contribution in [-0.4, -0.2) is 17.7 Å². The predicted molar refractivity (Wildman–Crippen MR) is 83.0 cm³/mol. The molecule has 2 unspecified atom stereocenters. The second-order valence-electron chi connectivity index (χ2n) is 5.89. The van der Waals surface area contributed by atoms with Crippen LogP contribution in [0.5, 0.6) is 0 Å². The Morgan fingerprint density at radius 1 is 1.09 bits per heavy atom. The summed E-state index contributed by atoms with van der Waals surface area (Å²) in [7, 11) is 0. The van der Waals surface area contributed by atoms with Gasteiger partial charge in [-0.05, 0) is 17.2 Å². The summed E-state index contributed by atoms with van der Waals surface area (Å²) in [5, 5.41) is 2.57. The summed E-state index contributed by atoms with van der Waals surface area (Å²) in [5.41, 5.74) is 2.27. The molecule has 1 amide bonds. The van der Waals surface area contributed by atoms with Crippen molar-refractivity contribution in [2.24, 2.45) is 10.9 Å². The molecule has 2 aliphatic rings. The van der Waals surface area contributed by atoms with Crippen LogP contribution in [0.4, 0.5) is 14.5 Å². The minimum atomic E-state index is -3.00. The SMILES string of the molecule is O=C(NC1=Nc2ccccc2C1)C1C(c2ccccc2)C1(F)F. The Balaban J connectivity index is 1.49. The van der Waals surface area contributed by atoms with Crippen molar-refractivity contribution in [3.05, 3.63) is 65.7 Å². The van der Waals surface area contributed by atoms with Crippen LogP contribution in [0.15, 0.2) is 59.6 Å². The fourth-order valence-electron chi connectivity index (χ4n) is 3.15. The van der Waals surface area contributed by atoms with E-state index in [-0.39, 0.29) is 0 Å². The molecule has 2 aromatic carbocycles. The van der Waals surface area contributed by atoms with Crippen LogP contribution in [0.1, 0.15) is 17.0 Å². The van der Waals surface area contributed by atoms with E-state index >= 15 is 0 Å². The lowest BCUT2D eigenvalue weighted by atomic mass is 10.1. The van der Waals surface area contributed by atoms with Crippen molar-refractivity contribution in [3.8, 4) is 0 Å². The quantitative estimate of drug-likeness (QED) is 0.907. The molecule has 1 fully saturated rings. The molecule has 4 rings (SSSR count). The Kier molecular flexibility index (Phi) is 3.04. The van der Waals surface area contributed by atoms with Crippen LogP contribution in [-0.2, 0) is 11.2 Å². The standard InChI is InChI=1S/C18H14F2N2O/c19-18(20)15(11-6-2-1-3-7-11)16(18)17(23)22-14-10-12-8-4-5-9-13(12)21-14/h1-9,15-16H,10H2,(H,21,22,23). The molecule has 1 N–H and O–H groups in total. The van der Waals surface area contributed by atoms with Gasteiger partial charge in [-0.1, -0.05) is 48.5 Å². The van der Waals surface area contributed by atoms with Gasteiger partial charge in [0.15, 0.2) is 0 Å². The number of carbonyl (C=O) groups excluding carboxylic acids is 1. The number of nitrogens with one attached hydrogen (secondary N) is 1. The Morgan fingerprint density at radius 3 is 2.52 bits per heavy atom. The smallest absolute Gasteiger partial charge is 0.268 e. The van der Waals surface area contributed by atoms with E-state index in [1.54, 1.807) is 30.3 Å². The topological polar surface area (TPSA) is 41.5 Å². The summed E-state index contributed by atoms with van der Waals surface area (Å²) in [6.45, 7) is 0. The number of amidine groups is 1. The number of para-hydroxylation sites is 1. The lowest BCUT2D eigenvalue weighted by Crippen LogP contribution is -2.33. The van der Waals surface area contributed by atoms with E-state index < -0.39 is 23.7 Å². The fraction of sp³-hybridized carbons (Fsp3) is 0.222. The molecule has 1 heterocycles. The van der Waals surface area contributed by atoms with Crippen molar-refractivity contribution in [2.45, 2.75) is 18.3 Å². The molecule has 1 aliphatic heterocycles. The lowest BCUT2D eigenvalue weighted by Gasteiger charge is -2.03. The molecular weight excluding hydrogens is 298 g/mol. The van der Waals surface area contributed by atoms with E-state index in [4.69, 9.17) is 0 Å². The van der Waals surface area contributed by atoms with Gasteiger partial charge in [0.05, 0.1) is 11.6 Å². The normalized spacial score (nSPS) is 23.8. The molecule has 1 saturated carbocycles. The molecule has 0 aromatic heterocycles. The van der Waals surface area contributed by atoms with Crippen LogP contribution in [0.25, 0.3) is 0 Å². The number of carbonyl (C=O) groups is 1. The van der Waals surface area contributed by atoms with Gasteiger partial charge < -0.3 is 5.32 Å². The van der Waals surface area contributed by atoms with Crippen LogP contribution in [0, 0.1) is 5.92 Å². The van der Waals surface area contributed by atoms with E-state index in [0.29, 0.717) is 17.8 Å². The number of amides is 1. The minimum Gasteiger partial charge on any atom is -0.313 e. The maximum Gasteiger partial charge on any atom is 0.268 e. The number of hydrogen-bond acceptors (Lipinski definition) is 2. The number of hydrogen-bond donors (Lipinski definition) is 1. The molecule has 0 bridgehead atoms. The third-order valence-electron chi connectivity index (χ3n) is 4.37. The number of rotatable bonds is 2. The van der Waals surface area contributed by atoms with Gasteiger partial charge in [0.2, 0.25) is 5.91 Å². The predicted octanol–water partition coefficient (Wildman–Crippen LogP) is 3.44. The number of halogens is 2. The lowest BCUT2D eigenvalue weighted by molar-refractivity contribution is -0.123. The monoisotopic (exact) mass is 312 g/mol. The van der Waals surface area contributed by atoms with Crippen molar-refractivity contribution < 1.29 is 13.6 Å². The first-order chi connectivity index (χ1) is 11.1. The Hall–Kier alpha value is -2.56. The summed E-state index contributed by atoms with van der Waals surface area (Å²) in [4.78, 5) is 16.5. The van der Waals surface area contributed by atoms with E-state index in [1.165, 1.54) is 0 Å². The molecule has 2 aromatic rings. The summed E-state index contributed by atoms with van der Waals surface area (Å²) in [6.07, 6.45) is 0.468. The highest BCUT2D eigenvalue weighted by Gasteiger charge is 2.72. The zero-order valence-electron chi connectivity index (χ0n) is 12.2. The Morgan fingerprint density at radius 2 is 1.78 bits per heavy atom. The van der Waals surface area contributed by atoms with Crippen LogP contribution >= 0.6 is 0 Å². The van der Waals surface area contributed by atoms with Crippen molar-refractivity contribution in [3.63, 3.8) is 0 Å².